The maximum absolute atomic E-state index is 6.15. The van der Waals surface area contributed by atoms with Crippen LogP contribution in [0.4, 0.5) is 17.6 Å². The first-order chi connectivity index (χ1) is 9.12. The van der Waals surface area contributed by atoms with Crippen LogP contribution in [-0.2, 0) is 0 Å². The lowest BCUT2D eigenvalue weighted by molar-refractivity contribution is 0.379. The topological polar surface area (TPSA) is 72.0 Å². The zero-order valence-corrected chi connectivity index (χ0v) is 11.6. The number of anilines is 3. The maximum Gasteiger partial charge on any atom is 0.322 e. The van der Waals surface area contributed by atoms with Gasteiger partial charge in [0.05, 0.1) is 17.8 Å². The molecule has 6 nitrogen and oxygen atoms in total. The molecule has 0 spiro atoms. The second-order valence-corrected chi connectivity index (χ2v) is 4.23. The number of hydrogen-bond acceptors (Lipinski definition) is 6. The molecule has 0 saturated carbocycles. The zero-order chi connectivity index (χ0) is 13.8. The van der Waals surface area contributed by atoms with E-state index in [4.69, 9.17) is 16.3 Å². The van der Waals surface area contributed by atoms with Gasteiger partial charge in [-0.2, -0.15) is 15.0 Å². The smallest absolute Gasteiger partial charge is 0.322 e. The van der Waals surface area contributed by atoms with E-state index in [0.29, 0.717) is 16.9 Å². The van der Waals surface area contributed by atoms with E-state index in [1.54, 1.807) is 7.05 Å². The summed E-state index contributed by atoms with van der Waals surface area (Å²) in [6.07, 6.45) is 0. The molecule has 2 rings (SSSR count). The van der Waals surface area contributed by atoms with Crippen molar-refractivity contribution in [2.45, 2.75) is 6.92 Å². The average molecular weight is 280 g/mol. The Balaban J connectivity index is 2.31. The van der Waals surface area contributed by atoms with E-state index in [1.807, 2.05) is 25.1 Å². The van der Waals surface area contributed by atoms with Gasteiger partial charge < -0.3 is 15.4 Å². The van der Waals surface area contributed by atoms with Crippen molar-refractivity contribution >= 4 is 29.2 Å². The predicted molar refractivity (Wildman–Crippen MR) is 75.4 cm³/mol. The van der Waals surface area contributed by atoms with Gasteiger partial charge in [-0.15, -0.1) is 0 Å². The van der Waals surface area contributed by atoms with Crippen LogP contribution in [-0.4, -0.2) is 29.1 Å². The molecular weight excluding hydrogens is 266 g/mol. The first-order valence-corrected chi connectivity index (χ1v) is 6.01. The molecule has 0 amide bonds. The summed E-state index contributed by atoms with van der Waals surface area (Å²) < 4.78 is 5.01. The first kappa shape index (κ1) is 13.4. The number of halogens is 1. The molecule has 0 unspecified atom stereocenters. The van der Waals surface area contributed by atoms with Crippen molar-refractivity contribution in [3.8, 4) is 6.01 Å². The van der Waals surface area contributed by atoms with Crippen molar-refractivity contribution in [2.24, 2.45) is 0 Å². The summed E-state index contributed by atoms with van der Waals surface area (Å²) in [5, 5.41) is 6.47. The molecule has 0 fully saturated rings. The number of ether oxygens (including phenoxy) is 1. The number of methoxy groups -OCH3 is 1. The number of aromatic nitrogens is 3. The molecule has 2 aromatic rings. The number of nitrogens with one attached hydrogen (secondary N) is 2. The minimum Gasteiger partial charge on any atom is -0.467 e. The van der Waals surface area contributed by atoms with Crippen LogP contribution < -0.4 is 15.4 Å². The molecule has 1 aromatic heterocycles. The van der Waals surface area contributed by atoms with Crippen LogP contribution in [0.2, 0.25) is 5.02 Å². The molecule has 1 heterocycles. The van der Waals surface area contributed by atoms with Crippen LogP contribution in [0.15, 0.2) is 18.2 Å². The van der Waals surface area contributed by atoms with Crippen LogP contribution in [0.3, 0.4) is 0 Å². The minimum atomic E-state index is 0.227. The van der Waals surface area contributed by atoms with Gasteiger partial charge in [-0.3, -0.25) is 0 Å². The Bertz CT molecular complexity index is 568. The van der Waals surface area contributed by atoms with Crippen LogP contribution in [0.1, 0.15) is 5.56 Å². The Morgan fingerprint density at radius 2 is 1.89 bits per heavy atom. The average Bonchev–Trinajstić information content (AvgIpc) is 2.41. The van der Waals surface area contributed by atoms with Gasteiger partial charge in [0.2, 0.25) is 11.9 Å². The van der Waals surface area contributed by atoms with E-state index in [-0.39, 0.29) is 6.01 Å². The van der Waals surface area contributed by atoms with Crippen molar-refractivity contribution < 1.29 is 4.74 Å². The SMILES string of the molecule is CNc1nc(Nc2ccc(C)cc2Cl)nc(OC)n1. The molecular formula is C12H14ClN5O. The number of rotatable bonds is 4. The molecule has 0 aliphatic rings. The number of nitrogens with zero attached hydrogens (tertiary/aromatic N) is 3. The van der Waals surface area contributed by atoms with Crippen molar-refractivity contribution in [3.63, 3.8) is 0 Å². The molecule has 0 bridgehead atoms. The normalized spacial score (nSPS) is 10.1. The Hall–Kier alpha value is -2.08. The lowest BCUT2D eigenvalue weighted by Gasteiger charge is -2.09. The molecule has 0 radical (unpaired) electrons. The van der Waals surface area contributed by atoms with Gasteiger partial charge in [0.15, 0.2) is 0 Å². The highest BCUT2D eigenvalue weighted by molar-refractivity contribution is 6.33. The van der Waals surface area contributed by atoms with Gasteiger partial charge in [0.1, 0.15) is 0 Å². The van der Waals surface area contributed by atoms with Crippen molar-refractivity contribution in [1.82, 2.24) is 15.0 Å². The molecule has 0 aliphatic carbocycles. The molecule has 0 aliphatic heterocycles. The second kappa shape index (κ2) is 5.71. The highest BCUT2D eigenvalue weighted by Gasteiger charge is 2.08. The molecule has 100 valence electrons. The molecule has 0 atom stereocenters. The second-order valence-electron chi connectivity index (χ2n) is 3.83. The van der Waals surface area contributed by atoms with E-state index in [0.717, 1.165) is 11.3 Å². The van der Waals surface area contributed by atoms with Crippen LogP contribution in [0, 0.1) is 6.92 Å². The summed E-state index contributed by atoms with van der Waals surface area (Å²) in [5.74, 6) is 0.777. The van der Waals surface area contributed by atoms with Gasteiger partial charge in [-0.1, -0.05) is 17.7 Å². The summed E-state index contributed by atoms with van der Waals surface area (Å²) >= 11 is 6.15. The van der Waals surface area contributed by atoms with Crippen LogP contribution in [0.25, 0.3) is 0 Å². The summed E-state index contributed by atoms with van der Waals surface area (Å²) in [4.78, 5) is 12.3. The van der Waals surface area contributed by atoms with Crippen LogP contribution >= 0.6 is 11.6 Å². The largest absolute Gasteiger partial charge is 0.467 e. The third-order valence-electron chi connectivity index (χ3n) is 2.39. The van der Waals surface area contributed by atoms with Crippen LogP contribution in [0.5, 0.6) is 6.01 Å². The highest BCUT2D eigenvalue weighted by atomic mass is 35.5. The Morgan fingerprint density at radius 1 is 1.16 bits per heavy atom. The summed E-state index contributed by atoms with van der Waals surface area (Å²) in [6, 6.07) is 5.91. The van der Waals surface area contributed by atoms with E-state index >= 15 is 0 Å². The fraction of sp³-hybridized carbons (Fsp3) is 0.250. The van der Waals surface area contributed by atoms with E-state index in [1.165, 1.54) is 7.11 Å². The Labute approximate surface area is 116 Å². The van der Waals surface area contributed by atoms with E-state index < -0.39 is 0 Å². The fourth-order valence-electron chi connectivity index (χ4n) is 1.46. The van der Waals surface area contributed by atoms with Gasteiger partial charge in [-0.05, 0) is 24.6 Å². The zero-order valence-electron chi connectivity index (χ0n) is 10.9. The van der Waals surface area contributed by atoms with Crippen molar-refractivity contribution in [1.29, 1.82) is 0 Å². The predicted octanol–water partition coefficient (Wildman–Crippen LogP) is 2.63. The number of aryl methyl sites for hydroxylation is 1. The molecule has 7 heteroatoms. The molecule has 1 aromatic carbocycles. The van der Waals surface area contributed by atoms with Gasteiger partial charge in [0, 0.05) is 7.05 Å². The molecule has 0 saturated heterocycles. The first-order valence-electron chi connectivity index (χ1n) is 5.63. The van der Waals surface area contributed by atoms with E-state index in [9.17, 15) is 0 Å². The highest BCUT2D eigenvalue weighted by Crippen LogP contribution is 2.25. The third-order valence-corrected chi connectivity index (χ3v) is 2.70. The third kappa shape index (κ3) is 3.23. The van der Waals surface area contributed by atoms with Gasteiger partial charge in [0.25, 0.3) is 0 Å². The van der Waals surface area contributed by atoms with Crippen molar-refractivity contribution in [3.05, 3.63) is 28.8 Å². The monoisotopic (exact) mass is 279 g/mol. The van der Waals surface area contributed by atoms with Gasteiger partial charge in [-0.25, -0.2) is 0 Å². The Kier molecular flexibility index (Phi) is 4.01. The summed E-state index contributed by atoms with van der Waals surface area (Å²) in [6.45, 7) is 1.97. The number of benzene rings is 1. The molecule has 2 N–H and O–H groups in total. The molecule has 19 heavy (non-hydrogen) atoms. The lowest BCUT2D eigenvalue weighted by Crippen LogP contribution is -2.05. The number of hydrogen-bond donors (Lipinski definition) is 2. The quantitative estimate of drug-likeness (QED) is 0.896. The summed E-state index contributed by atoms with van der Waals surface area (Å²) in [7, 11) is 3.22. The van der Waals surface area contributed by atoms with Crippen molar-refractivity contribution in [2.75, 3.05) is 24.8 Å². The van der Waals surface area contributed by atoms with E-state index in [2.05, 4.69) is 25.6 Å². The fourth-order valence-corrected chi connectivity index (χ4v) is 1.74. The lowest BCUT2D eigenvalue weighted by atomic mass is 10.2. The Morgan fingerprint density at radius 3 is 2.53 bits per heavy atom. The maximum atomic E-state index is 6.15. The standard InChI is InChI=1S/C12H14ClN5O/c1-7-4-5-9(8(13)6-7)15-11-16-10(14-2)17-12(18-11)19-3/h4-6H,1-3H3,(H2,14,15,16,17,18). The van der Waals surface area contributed by atoms with Gasteiger partial charge >= 0.3 is 6.01 Å². The minimum absolute atomic E-state index is 0.227. The summed E-state index contributed by atoms with van der Waals surface area (Å²) in [5.41, 5.74) is 1.81.